The summed E-state index contributed by atoms with van der Waals surface area (Å²) in [5, 5.41) is 0.520. The molecule has 0 spiro atoms. The van der Waals surface area contributed by atoms with Crippen molar-refractivity contribution in [2.24, 2.45) is 0 Å². The van der Waals surface area contributed by atoms with Gasteiger partial charge in [0, 0.05) is 5.69 Å². The Kier molecular flexibility index (Phi) is 3.68. The fourth-order valence-electron chi connectivity index (χ4n) is 1.12. The third kappa shape index (κ3) is 2.67. The average Bonchev–Trinajstić information content (AvgIpc) is 2.16. The first-order valence-corrected chi connectivity index (χ1v) is 5.47. The van der Waals surface area contributed by atoms with Crippen LogP contribution < -0.4 is 0 Å². The van der Waals surface area contributed by atoms with Gasteiger partial charge in [0.25, 0.3) is 0 Å². The molecule has 0 bridgehead atoms. The smallest absolute Gasteiger partial charge is 0.149 e. The van der Waals surface area contributed by atoms with Crippen LogP contribution in [0.25, 0.3) is 0 Å². The maximum Gasteiger partial charge on any atom is 0.149 e. The van der Waals surface area contributed by atoms with Crippen molar-refractivity contribution in [3.8, 4) is 0 Å². The van der Waals surface area contributed by atoms with E-state index < -0.39 is 0 Å². The molecule has 0 saturated carbocycles. The molecule has 4 heteroatoms. The minimum Gasteiger partial charge on any atom is -0.298 e. The van der Waals surface area contributed by atoms with Gasteiger partial charge in [0.1, 0.15) is 11.0 Å². The minimum atomic E-state index is -0.200. The second-order valence-electron chi connectivity index (χ2n) is 4.31. The molecular formula is C11H18ClN3. The summed E-state index contributed by atoms with van der Waals surface area (Å²) in [4.78, 5) is 10.9. The van der Waals surface area contributed by atoms with Crippen LogP contribution in [0.1, 0.15) is 32.3 Å². The molecule has 0 unspecified atom stereocenters. The van der Waals surface area contributed by atoms with Gasteiger partial charge in [-0.1, -0.05) is 18.5 Å². The van der Waals surface area contributed by atoms with Crippen LogP contribution in [0.5, 0.6) is 0 Å². The van der Waals surface area contributed by atoms with Crippen molar-refractivity contribution >= 4 is 11.6 Å². The normalized spacial score (nSPS) is 12.2. The van der Waals surface area contributed by atoms with Crippen LogP contribution >= 0.6 is 11.6 Å². The average molecular weight is 228 g/mol. The number of aromatic nitrogens is 2. The van der Waals surface area contributed by atoms with Gasteiger partial charge in [-0.25, -0.2) is 9.97 Å². The van der Waals surface area contributed by atoms with Crippen LogP contribution in [0.15, 0.2) is 6.07 Å². The lowest BCUT2D eigenvalue weighted by Crippen LogP contribution is -2.37. The molecule has 0 aliphatic rings. The minimum absolute atomic E-state index is 0.200. The van der Waals surface area contributed by atoms with Crippen LogP contribution in [0.4, 0.5) is 0 Å². The third-order valence-electron chi connectivity index (χ3n) is 2.78. The van der Waals surface area contributed by atoms with Gasteiger partial charge in [0.2, 0.25) is 0 Å². The van der Waals surface area contributed by atoms with E-state index in [1.165, 1.54) is 0 Å². The Morgan fingerprint density at radius 1 is 1.33 bits per heavy atom. The lowest BCUT2D eigenvalue weighted by molar-refractivity contribution is 0.185. The highest BCUT2D eigenvalue weighted by Crippen LogP contribution is 2.23. The Bertz CT molecular complexity index is 348. The zero-order chi connectivity index (χ0) is 11.6. The van der Waals surface area contributed by atoms with Crippen LogP contribution in [0.2, 0.25) is 5.15 Å². The Balaban J connectivity index is 3.19. The number of halogens is 1. The molecule has 0 atom stereocenters. The lowest BCUT2D eigenvalue weighted by atomic mass is 10.0. The highest BCUT2D eigenvalue weighted by atomic mass is 35.5. The first-order valence-electron chi connectivity index (χ1n) is 5.09. The largest absolute Gasteiger partial charge is 0.298 e. The van der Waals surface area contributed by atoms with Crippen LogP contribution in [0.3, 0.4) is 0 Å². The predicted molar refractivity (Wildman–Crippen MR) is 63.1 cm³/mol. The summed E-state index contributed by atoms with van der Waals surface area (Å²) in [6.07, 6.45) is 0.874. The standard InChI is InChI=1S/C11H18ClN3/c1-6-8-7-9(12)14-10(13-8)11(2,3)15(4)5/h7H,6H2,1-5H3. The van der Waals surface area contributed by atoms with E-state index in [1.807, 2.05) is 20.2 Å². The molecule has 84 valence electrons. The molecule has 1 aromatic rings. The quantitative estimate of drug-likeness (QED) is 0.743. The molecule has 1 rings (SSSR count). The molecule has 1 aromatic heterocycles. The third-order valence-corrected chi connectivity index (χ3v) is 2.97. The van der Waals surface area contributed by atoms with E-state index in [9.17, 15) is 0 Å². The monoisotopic (exact) mass is 227 g/mol. The number of nitrogens with zero attached hydrogens (tertiary/aromatic N) is 3. The first kappa shape index (κ1) is 12.4. The molecule has 0 aliphatic carbocycles. The van der Waals surface area contributed by atoms with Crippen molar-refractivity contribution in [1.82, 2.24) is 14.9 Å². The molecular weight excluding hydrogens is 210 g/mol. The summed E-state index contributed by atoms with van der Waals surface area (Å²) in [5.41, 5.74) is 0.786. The van der Waals surface area contributed by atoms with Crippen LogP contribution in [-0.2, 0) is 12.0 Å². The molecule has 0 aliphatic heterocycles. The van der Waals surface area contributed by atoms with Crippen molar-refractivity contribution < 1.29 is 0 Å². The van der Waals surface area contributed by atoms with Gasteiger partial charge in [-0.3, -0.25) is 4.90 Å². The SMILES string of the molecule is CCc1cc(Cl)nc(C(C)(C)N(C)C)n1. The topological polar surface area (TPSA) is 29.0 Å². The van der Waals surface area contributed by atoms with E-state index in [0.717, 1.165) is 17.9 Å². The van der Waals surface area contributed by atoms with Crippen molar-refractivity contribution in [3.63, 3.8) is 0 Å². The fraction of sp³-hybridized carbons (Fsp3) is 0.636. The fourth-order valence-corrected chi connectivity index (χ4v) is 1.32. The number of hydrogen-bond acceptors (Lipinski definition) is 3. The molecule has 0 radical (unpaired) electrons. The molecule has 15 heavy (non-hydrogen) atoms. The number of aryl methyl sites for hydroxylation is 1. The van der Waals surface area contributed by atoms with Crippen LogP contribution in [0, 0.1) is 0 Å². The van der Waals surface area contributed by atoms with Crippen molar-refractivity contribution in [3.05, 3.63) is 22.7 Å². The highest BCUT2D eigenvalue weighted by Gasteiger charge is 2.26. The van der Waals surface area contributed by atoms with E-state index in [2.05, 4.69) is 35.6 Å². The maximum atomic E-state index is 5.97. The van der Waals surface area contributed by atoms with Crippen molar-refractivity contribution in [2.45, 2.75) is 32.7 Å². The summed E-state index contributed by atoms with van der Waals surface area (Å²) >= 11 is 5.97. The molecule has 3 nitrogen and oxygen atoms in total. The second-order valence-corrected chi connectivity index (χ2v) is 4.70. The van der Waals surface area contributed by atoms with Gasteiger partial charge in [0.05, 0.1) is 5.54 Å². The zero-order valence-corrected chi connectivity index (χ0v) is 10.8. The molecule has 0 N–H and O–H groups in total. The van der Waals surface area contributed by atoms with Gasteiger partial charge in [0.15, 0.2) is 0 Å². The molecule has 0 amide bonds. The van der Waals surface area contributed by atoms with Gasteiger partial charge in [-0.05, 0) is 40.4 Å². The number of hydrogen-bond donors (Lipinski definition) is 0. The number of rotatable bonds is 3. The van der Waals surface area contributed by atoms with Crippen LogP contribution in [-0.4, -0.2) is 29.0 Å². The van der Waals surface area contributed by atoms with E-state index in [-0.39, 0.29) is 5.54 Å². The lowest BCUT2D eigenvalue weighted by Gasteiger charge is -2.31. The molecule has 0 saturated heterocycles. The second kappa shape index (κ2) is 4.45. The Hall–Kier alpha value is -0.670. The summed E-state index contributed by atoms with van der Waals surface area (Å²) in [7, 11) is 4.02. The Morgan fingerprint density at radius 3 is 2.40 bits per heavy atom. The van der Waals surface area contributed by atoms with Crippen molar-refractivity contribution in [2.75, 3.05) is 14.1 Å². The van der Waals surface area contributed by atoms with E-state index in [4.69, 9.17) is 11.6 Å². The van der Waals surface area contributed by atoms with E-state index >= 15 is 0 Å². The van der Waals surface area contributed by atoms with Gasteiger partial charge in [-0.15, -0.1) is 0 Å². The first-order chi connectivity index (χ1) is 6.87. The maximum absolute atomic E-state index is 5.97. The Labute approximate surface area is 96.5 Å². The van der Waals surface area contributed by atoms with Gasteiger partial charge < -0.3 is 0 Å². The Morgan fingerprint density at radius 2 is 1.93 bits per heavy atom. The predicted octanol–water partition coefficient (Wildman–Crippen LogP) is 2.49. The highest BCUT2D eigenvalue weighted by molar-refractivity contribution is 6.29. The van der Waals surface area contributed by atoms with E-state index in [0.29, 0.717) is 5.15 Å². The van der Waals surface area contributed by atoms with Crippen molar-refractivity contribution in [1.29, 1.82) is 0 Å². The summed E-state index contributed by atoms with van der Waals surface area (Å²) in [5.74, 6) is 0.775. The molecule has 1 heterocycles. The molecule has 0 fully saturated rings. The molecule has 0 aromatic carbocycles. The summed E-state index contributed by atoms with van der Waals surface area (Å²) < 4.78 is 0. The van der Waals surface area contributed by atoms with E-state index in [1.54, 1.807) is 0 Å². The zero-order valence-electron chi connectivity index (χ0n) is 10.0. The van der Waals surface area contributed by atoms with Gasteiger partial charge >= 0.3 is 0 Å². The summed E-state index contributed by atoms with van der Waals surface area (Å²) in [6, 6.07) is 1.82. The van der Waals surface area contributed by atoms with Gasteiger partial charge in [-0.2, -0.15) is 0 Å². The summed E-state index contributed by atoms with van der Waals surface area (Å²) in [6.45, 7) is 6.22.